The summed E-state index contributed by atoms with van der Waals surface area (Å²) in [5.41, 5.74) is 0.836. The fourth-order valence-electron chi connectivity index (χ4n) is 3.41. The number of hydrogen-bond donors (Lipinski definition) is 1. The minimum Gasteiger partial charge on any atom is -0.353 e. The molecule has 1 aliphatic carbocycles. The van der Waals surface area contributed by atoms with E-state index in [0.717, 1.165) is 43.5 Å². The van der Waals surface area contributed by atoms with Gasteiger partial charge in [-0.1, -0.05) is 25.1 Å². The number of hydrogen-bond acceptors (Lipinski definition) is 1. The lowest BCUT2D eigenvalue weighted by molar-refractivity contribution is 0.265. The number of halogens is 1. The molecule has 2 aliphatic rings. The van der Waals surface area contributed by atoms with Gasteiger partial charge in [-0.3, -0.25) is 4.99 Å². The molecule has 22 heavy (non-hydrogen) atoms. The zero-order chi connectivity index (χ0) is 15.5. The average Bonchev–Trinajstić information content (AvgIpc) is 3.26. The molecule has 120 valence electrons. The van der Waals surface area contributed by atoms with Crippen molar-refractivity contribution in [2.24, 2.45) is 10.9 Å². The minimum absolute atomic E-state index is 0.0858. The fourth-order valence-corrected chi connectivity index (χ4v) is 3.41. The van der Waals surface area contributed by atoms with Crippen LogP contribution in [0.2, 0.25) is 0 Å². The van der Waals surface area contributed by atoms with Crippen LogP contribution in [0.15, 0.2) is 29.3 Å². The van der Waals surface area contributed by atoms with Crippen LogP contribution in [0, 0.1) is 11.7 Å². The van der Waals surface area contributed by atoms with Crippen molar-refractivity contribution < 1.29 is 4.39 Å². The van der Waals surface area contributed by atoms with Crippen molar-refractivity contribution in [3.05, 3.63) is 35.6 Å². The van der Waals surface area contributed by atoms with Crippen molar-refractivity contribution in [3.8, 4) is 0 Å². The van der Waals surface area contributed by atoms with Crippen LogP contribution < -0.4 is 5.32 Å². The Morgan fingerprint density at radius 3 is 2.95 bits per heavy atom. The van der Waals surface area contributed by atoms with Crippen molar-refractivity contribution in [3.63, 3.8) is 0 Å². The second-order valence-electron chi connectivity index (χ2n) is 6.61. The molecule has 0 radical (unpaired) electrons. The summed E-state index contributed by atoms with van der Waals surface area (Å²) in [6.07, 6.45) is 3.53. The Bertz CT molecular complexity index is 543. The highest BCUT2D eigenvalue weighted by atomic mass is 19.1. The standard InChI is InChI=1S/C18H26FN3/c1-3-20-18(22-10-6-7-13(2)12-22)21-17-11-15(17)14-8-4-5-9-16(14)19/h4-5,8-9,13,15,17H,3,6-7,10-12H2,1-2H3,(H,20,21). The maximum Gasteiger partial charge on any atom is 0.194 e. The van der Waals surface area contributed by atoms with Crippen LogP contribution in [-0.2, 0) is 0 Å². The Labute approximate surface area is 132 Å². The third kappa shape index (κ3) is 3.42. The number of guanidine groups is 1. The van der Waals surface area contributed by atoms with Gasteiger partial charge in [0.25, 0.3) is 0 Å². The summed E-state index contributed by atoms with van der Waals surface area (Å²) < 4.78 is 13.9. The first kappa shape index (κ1) is 15.3. The highest BCUT2D eigenvalue weighted by Gasteiger charge is 2.41. The molecule has 1 aromatic carbocycles. The summed E-state index contributed by atoms with van der Waals surface area (Å²) in [4.78, 5) is 7.02. The van der Waals surface area contributed by atoms with Gasteiger partial charge in [0.2, 0.25) is 0 Å². The smallest absolute Gasteiger partial charge is 0.194 e. The van der Waals surface area contributed by atoms with Crippen LogP contribution in [0.3, 0.4) is 0 Å². The van der Waals surface area contributed by atoms with Gasteiger partial charge in [0.1, 0.15) is 5.82 Å². The van der Waals surface area contributed by atoms with Gasteiger partial charge in [0.05, 0.1) is 0 Å². The van der Waals surface area contributed by atoms with Gasteiger partial charge in [-0.15, -0.1) is 0 Å². The Morgan fingerprint density at radius 1 is 1.41 bits per heavy atom. The summed E-state index contributed by atoms with van der Waals surface area (Å²) >= 11 is 0. The predicted octanol–water partition coefficient (Wildman–Crippen LogP) is 3.38. The van der Waals surface area contributed by atoms with Gasteiger partial charge in [0, 0.05) is 31.6 Å². The van der Waals surface area contributed by atoms with E-state index in [1.807, 2.05) is 12.1 Å². The average molecular weight is 303 g/mol. The van der Waals surface area contributed by atoms with Crippen molar-refractivity contribution >= 4 is 5.96 Å². The molecule has 3 unspecified atom stereocenters. The third-order valence-electron chi connectivity index (χ3n) is 4.67. The second-order valence-corrected chi connectivity index (χ2v) is 6.61. The Hall–Kier alpha value is -1.58. The number of likely N-dealkylation sites (tertiary alicyclic amines) is 1. The number of piperidine rings is 1. The number of aliphatic imine (C=N–C) groups is 1. The Balaban J connectivity index is 1.64. The van der Waals surface area contributed by atoms with Gasteiger partial charge < -0.3 is 10.2 Å². The molecule has 0 bridgehead atoms. The largest absolute Gasteiger partial charge is 0.353 e. The molecule has 1 aromatic rings. The van der Waals surface area contributed by atoms with Crippen LogP contribution >= 0.6 is 0 Å². The summed E-state index contributed by atoms with van der Waals surface area (Å²) in [6, 6.07) is 7.45. The first-order valence-electron chi connectivity index (χ1n) is 8.49. The molecule has 1 saturated carbocycles. The lowest BCUT2D eigenvalue weighted by Crippen LogP contribution is -2.47. The predicted molar refractivity (Wildman–Crippen MR) is 88.6 cm³/mol. The normalized spacial score (nSPS) is 28.6. The van der Waals surface area contributed by atoms with Gasteiger partial charge >= 0.3 is 0 Å². The molecule has 1 heterocycles. The van der Waals surface area contributed by atoms with E-state index in [1.165, 1.54) is 12.8 Å². The van der Waals surface area contributed by atoms with E-state index < -0.39 is 0 Å². The molecule has 1 N–H and O–H groups in total. The van der Waals surface area contributed by atoms with Gasteiger partial charge in [-0.25, -0.2) is 4.39 Å². The van der Waals surface area contributed by atoms with Crippen molar-refractivity contribution in [1.29, 1.82) is 0 Å². The molecule has 3 rings (SSSR count). The molecule has 4 heteroatoms. The van der Waals surface area contributed by atoms with E-state index in [4.69, 9.17) is 0 Å². The van der Waals surface area contributed by atoms with E-state index in [1.54, 1.807) is 12.1 Å². The maximum atomic E-state index is 13.9. The fraction of sp³-hybridized carbons (Fsp3) is 0.611. The molecule has 3 atom stereocenters. The maximum absolute atomic E-state index is 13.9. The monoisotopic (exact) mass is 303 g/mol. The molecule has 0 spiro atoms. The number of nitrogens with one attached hydrogen (secondary N) is 1. The minimum atomic E-state index is -0.0858. The van der Waals surface area contributed by atoms with E-state index in [9.17, 15) is 4.39 Å². The Kier molecular flexibility index (Phi) is 4.65. The molecular formula is C18H26FN3. The molecular weight excluding hydrogens is 277 g/mol. The van der Waals surface area contributed by atoms with Gasteiger partial charge in [-0.2, -0.15) is 0 Å². The van der Waals surface area contributed by atoms with E-state index in [0.29, 0.717) is 6.04 Å². The van der Waals surface area contributed by atoms with Crippen molar-refractivity contribution in [2.75, 3.05) is 19.6 Å². The lowest BCUT2D eigenvalue weighted by atomic mass is 10.0. The molecule has 0 amide bonds. The summed E-state index contributed by atoms with van der Waals surface area (Å²) in [7, 11) is 0. The quantitative estimate of drug-likeness (QED) is 0.685. The number of nitrogens with zero attached hydrogens (tertiary/aromatic N) is 2. The van der Waals surface area contributed by atoms with Crippen molar-refractivity contribution in [2.45, 2.75) is 45.1 Å². The van der Waals surface area contributed by atoms with Crippen LogP contribution in [0.25, 0.3) is 0 Å². The summed E-state index contributed by atoms with van der Waals surface area (Å²) in [6.45, 7) is 7.30. The van der Waals surface area contributed by atoms with Crippen LogP contribution in [0.5, 0.6) is 0 Å². The highest BCUT2D eigenvalue weighted by molar-refractivity contribution is 5.81. The molecule has 0 aromatic heterocycles. The van der Waals surface area contributed by atoms with Crippen LogP contribution in [-0.4, -0.2) is 36.5 Å². The van der Waals surface area contributed by atoms with Gasteiger partial charge in [-0.05, 0) is 43.7 Å². The number of benzene rings is 1. The van der Waals surface area contributed by atoms with E-state index >= 15 is 0 Å². The summed E-state index contributed by atoms with van der Waals surface area (Å²) in [5, 5.41) is 3.57. The zero-order valence-electron chi connectivity index (χ0n) is 13.6. The second kappa shape index (κ2) is 6.67. The first-order chi connectivity index (χ1) is 10.7. The van der Waals surface area contributed by atoms with Crippen LogP contribution in [0.1, 0.15) is 44.6 Å². The topological polar surface area (TPSA) is 27.6 Å². The van der Waals surface area contributed by atoms with Gasteiger partial charge in [0.15, 0.2) is 5.96 Å². The molecule has 1 aliphatic heterocycles. The van der Waals surface area contributed by atoms with E-state index in [2.05, 4.69) is 29.1 Å². The first-order valence-corrected chi connectivity index (χ1v) is 8.49. The molecule has 1 saturated heterocycles. The SMILES string of the molecule is CCN=C(NC1CC1c1ccccc1F)N1CCCC(C)C1. The van der Waals surface area contributed by atoms with Crippen molar-refractivity contribution in [1.82, 2.24) is 10.2 Å². The lowest BCUT2D eigenvalue weighted by Gasteiger charge is -2.33. The highest BCUT2D eigenvalue weighted by Crippen LogP contribution is 2.42. The molecule has 3 nitrogen and oxygen atoms in total. The third-order valence-corrected chi connectivity index (χ3v) is 4.67. The Morgan fingerprint density at radius 2 is 2.23 bits per heavy atom. The molecule has 2 fully saturated rings. The summed E-state index contributed by atoms with van der Waals surface area (Å²) in [5.74, 6) is 1.93. The zero-order valence-corrected chi connectivity index (χ0v) is 13.6. The number of rotatable bonds is 3. The van der Waals surface area contributed by atoms with E-state index in [-0.39, 0.29) is 11.7 Å². The van der Waals surface area contributed by atoms with Crippen LogP contribution in [0.4, 0.5) is 4.39 Å².